The van der Waals surface area contributed by atoms with Gasteiger partial charge in [-0.25, -0.2) is 0 Å². The number of rotatable bonds is 4. The second kappa shape index (κ2) is 7.34. The summed E-state index contributed by atoms with van der Waals surface area (Å²) in [6.07, 6.45) is 1.23. The van der Waals surface area contributed by atoms with Gasteiger partial charge in [-0.3, -0.25) is 9.69 Å². The molecule has 0 bridgehead atoms. The average molecular weight is 325 g/mol. The van der Waals surface area contributed by atoms with E-state index in [1.807, 2.05) is 6.92 Å². The van der Waals surface area contributed by atoms with E-state index in [4.69, 9.17) is 16.3 Å². The Kier molecular flexibility index (Phi) is 5.70. The van der Waals surface area contributed by atoms with Gasteiger partial charge in [-0.1, -0.05) is 25.4 Å². The summed E-state index contributed by atoms with van der Waals surface area (Å²) in [7, 11) is 1.58. The lowest BCUT2D eigenvalue weighted by atomic mass is 9.91. The van der Waals surface area contributed by atoms with E-state index in [-0.39, 0.29) is 11.9 Å². The molecule has 1 amide bonds. The third-order valence-corrected chi connectivity index (χ3v) is 4.48. The maximum atomic E-state index is 12.6. The maximum absolute atomic E-state index is 12.6. The molecular formula is C17H25ClN2O2. The van der Waals surface area contributed by atoms with Crippen molar-refractivity contribution in [2.45, 2.75) is 33.2 Å². The summed E-state index contributed by atoms with van der Waals surface area (Å²) in [5, 5.41) is 3.51. The van der Waals surface area contributed by atoms with Crippen molar-refractivity contribution >= 4 is 23.2 Å². The molecule has 4 nitrogen and oxygen atoms in total. The molecule has 5 heteroatoms. The Balaban J connectivity index is 2.07. The highest BCUT2D eigenvalue weighted by Gasteiger charge is 2.29. The van der Waals surface area contributed by atoms with Crippen LogP contribution in [0.25, 0.3) is 0 Å². The fourth-order valence-electron chi connectivity index (χ4n) is 3.21. The van der Waals surface area contributed by atoms with Gasteiger partial charge in [0.25, 0.3) is 0 Å². The largest absolute Gasteiger partial charge is 0.495 e. The molecule has 3 atom stereocenters. The number of nitrogens with one attached hydrogen (secondary N) is 1. The van der Waals surface area contributed by atoms with Crippen LogP contribution in [-0.2, 0) is 4.79 Å². The van der Waals surface area contributed by atoms with E-state index in [9.17, 15) is 4.79 Å². The number of hydrogen-bond acceptors (Lipinski definition) is 3. The molecule has 1 aliphatic heterocycles. The van der Waals surface area contributed by atoms with E-state index in [1.54, 1.807) is 25.3 Å². The lowest BCUT2D eigenvalue weighted by Gasteiger charge is -2.38. The van der Waals surface area contributed by atoms with E-state index >= 15 is 0 Å². The quantitative estimate of drug-likeness (QED) is 0.919. The molecule has 1 fully saturated rings. The molecule has 1 aromatic carbocycles. The van der Waals surface area contributed by atoms with E-state index in [1.165, 1.54) is 6.42 Å². The fourth-order valence-corrected chi connectivity index (χ4v) is 3.38. The van der Waals surface area contributed by atoms with Gasteiger partial charge in [-0.15, -0.1) is 0 Å². The van der Waals surface area contributed by atoms with Crippen LogP contribution in [0.3, 0.4) is 0 Å². The molecule has 0 radical (unpaired) electrons. The van der Waals surface area contributed by atoms with Crippen molar-refractivity contribution in [3.63, 3.8) is 0 Å². The molecule has 0 spiro atoms. The second-order valence-corrected chi connectivity index (χ2v) is 6.85. The Morgan fingerprint density at radius 1 is 1.36 bits per heavy atom. The Morgan fingerprint density at radius 2 is 2.00 bits per heavy atom. The first-order chi connectivity index (χ1) is 10.4. The van der Waals surface area contributed by atoms with Gasteiger partial charge >= 0.3 is 0 Å². The van der Waals surface area contributed by atoms with Gasteiger partial charge in [0.1, 0.15) is 5.75 Å². The van der Waals surface area contributed by atoms with Gasteiger partial charge in [0, 0.05) is 18.1 Å². The first kappa shape index (κ1) is 17.1. The van der Waals surface area contributed by atoms with E-state index in [2.05, 4.69) is 24.1 Å². The Labute approximate surface area is 137 Å². The first-order valence-electron chi connectivity index (χ1n) is 7.79. The van der Waals surface area contributed by atoms with Gasteiger partial charge in [-0.2, -0.15) is 0 Å². The lowest BCUT2D eigenvalue weighted by Crippen LogP contribution is -2.48. The molecule has 1 aliphatic rings. The highest BCUT2D eigenvalue weighted by molar-refractivity contribution is 6.31. The zero-order chi connectivity index (χ0) is 16.3. The number of anilines is 1. The topological polar surface area (TPSA) is 41.6 Å². The second-order valence-electron chi connectivity index (χ2n) is 6.41. The van der Waals surface area contributed by atoms with Crippen molar-refractivity contribution in [3.05, 3.63) is 23.2 Å². The summed E-state index contributed by atoms with van der Waals surface area (Å²) in [5.74, 6) is 1.84. The third-order valence-electron chi connectivity index (χ3n) is 4.24. The van der Waals surface area contributed by atoms with Gasteiger partial charge in [-0.05, 0) is 43.4 Å². The molecule has 1 N–H and O–H groups in total. The van der Waals surface area contributed by atoms with E-state index in [0.29, 0.717) is 28.3 Å². The summed E-state index contributed by atoms with van der Waals surface area (Å²) in [5.41, 5.74) is 0.616. The molecule has 1 saturated heterocycles. The number of carbonyl (C=O) groups is 1. The summed E-state index contributed by atoms with van der Waals surface area (Å²) in [6.45, 7) is 8.37. The number of benzene rings is 1. The van der Waals surface area contributed by atoms with Crippen LogP contribution in [0.2, 0.25) is 5.02 Å². The number of likely N-dealkylation sites (tertiary alicyclic amines) is 1. The summed E-state index contributed by atoms with van der Waals surface area (Å²) in [6, 6.07) is 5.04. The van der Waals surface area contributed by atoms with Crippen molar-refractivity contribution < 1.29 is 9.53 Å². The minimum absolute atomic E-state index is 0.0260. The van der Waals surface area contributed by atoms with Gasteiger partial charge in [0.15, 0.2) is 0 Å². The van der Waals surface area contributed by atoms with Crippen LogP contribution in [-0.4, -0.2) is 37.0 Å². The number of carbonyl (C=O) groups excluding carboxylic acids is 1. The van der Waals surface area contributed by atoms with E-state index in [0.717, 1.165) is 13.1 Å². The van der Waals surface area contributed by atoms with Gasteiger partial charge in [0.2, 0.25) is 5.91 Å². The number of nitrogens with zero attached hydrogens (tertiary/aromatic N) is 1. The average Bonchev–Trinajstić information content (AvgIpc) is 2.45. The fraction of sp³-hybridized carbons (Fsp3) is 0.588. The molecule has 0 saturated carbocycles. The first-order valence-corrected chi connectivity index (χ1v) is 8.17. The smallest absolute Gasteiger partial charge is 0.241 e. The number of halogens is 1. The van der Waals surface area contributed by atoms with Crippen LogP contribution in [0.4, 0.5) is 5.69 Å². The SMILES string of the molecule is COc1ccc(Cl)cc1NC(=O)[C@H](C)N1C[C@@H](C)C[C@H](C)C1. The predicted molar refractivity (Wildman–Crippen MR) is 90.6 cm³/mol. The summed E-state index contributed by atoms with van der Waals surface area (Å²) in [4.78, 5) is 14.8. The molecule has 1 aromatic rings. The van der Waals surface area contributed by atoms with Gasteiger partial charge < -0.3 is 10.1 Å². The highest BCUT2D eigenvalue weighted by atomic mass is 35.5. The van der Waals surface area contributed by atoms with Crippen molar-refractivity contribution in [2.24, 2.45) is 11.8 Å². The number of ether oxygens (including phenoxy) is 1. The van der Waals surface area contributed by atoms with Crippen molar-refractivity contribution in [3.8, 4) is 5.75 Å². The Morgan fingerprint density at radius 3 is 2.59 bits per heavy atom. The van der Waals surface area contributed by atoms with Crippen molar-refractivity contribution in [2.75, 3.05) is 25.5 Å². The number of amides is 1. The van der Waals surface area contributed by atoms with Gasteiger partial charge in [0.05, 0.1) is 18.8 Å². The zero-order valence-corrected chi connectivity index (χ0v) is 14.5. The standard InChI is InChI=1S/C17H25ClN2O2/c1-11-7-12(2)10-20(9-11)13(3)17(21)19-15-8-14(18)5-6-16(15)22-4/h5-6,8,11-13H,7,9-10H2,1-4H3,(H,19,21)/t11-,12-,13-/m0/s1. The monoisotopic (exact) mass is 324 g/mol. The molecule has 0 unspecified atom stereocenters. The number of hydrogen-bond donors (Lipinski definition) is 1. The van der Waals surface area contributed by atoms with Crippen molar-refractivity contribution in [1.29, 1.82) is 0 Å². The molecule has 0 aromatic heterocycles. The minimum Gasteiger partial charge on any atom is -0.495 e. The number of piperidine rings is 1. The van der Waals surface area contributed by atoms with Crippen molar-refractivity contribution in [1.82, 2.24) is 4.90 Å². The highest BCUT2D eigenvalue weighted by Crippen LogP contribution is 2.28. The third kappa shape index (κ3) is 4.14. The Bertz CT molecular complexity index is 525. The normalized spacial score (nSPS) is 23.9. The maximum Gasteiger partial charge on any atom is 0.241 e. The van der Waals surface area contributed by atoms with Crippen LogP contribution in [0.5, 0.6) is 5.75 Å². The molecule has 122 valence electrons. The van der Waals surface area contributed by atoms with Crippen LogP contribution < -0.4 is 10.1 Å². The molecule has 22 heavy (non-hydrogen) atoms. The zero-order valence-electron chi connectivity index (χ0n) is 13.7. The summed E-state index contributed by atoms with van der Waals surface area (Å²) >= 11 is 6.01. The molecule has 1 heterocycles. The molecular weight excluding hydrogens is 300 g/mol. The lowest BCUT2D eigenvalue weighted by molar-refractivity contribution is -0.121. The molecule has 0 aliphatic carbocycles. The Hall–Kier alpha value is -1.26. The summed E-state index contributed by atoms with van der Waals surface area (Å²) < 4.78 is 5.27. The number of methoxy groups -OCH3 is 1. The minimum atomic E-state index is -0.172. The van der Waals surface area contributed by atoms with Crippen LogP contribution in [0.1, 0.15) is 27.2 Å². The van der Waals surface area contributed by atoms with Crippen LogP contribution >= 0.6 is 11.6 Å². The van der Waals surface area contributed by atoms with Crippen LogP contribution in [0.15, 0.2) is 18.2 Å². The predicted octanol–water partition coefficient (Wildman–Crippen LogP) is 3.65. The molecule has 2 rings (SSSR count). The van der Waals surface area contributed by atoms with Crippen LogP contribution in [0, 0.1) is 11.8 Å². The van der Waals surface area contributed by atoms with E-state index < -0.39 is 0 Å².